The van der Waals surface area contributed by atoms with Gasteiger partial charge in [0.25, 0.3) is 5.91 Å². The molecule has 0 aliphatic carbocycles. The van der Waals surface area contributed by atoms with E-state index in [9.17, 15) is 9.59 Å². The standard InChI is InChI=1S/C19H21ClN4O2/c1-3-6-15-19(12-7-4-5-8-14(12)22-18(19)26)9-10-24(15)17(25)16-13(20)11-21-23(16)2/h4-5,7-8,11,15H,3,6,9-10H2,1-2H3,(H,22,26)/t15-,19-/m0/s1. The zero-order chi connectivity index (χ0) is 18.5. The number of para-hydroxylation sites is 1. The first kappa shape index (κ1) is 17.1. The topological polar surface area (TPSA) is 67.2 Å². The van der Waals surface area contributed by atoms with Crippen LogP contribution >= 0.6 is 11.6 Å². The molecule has 7 heteroatoms. The van der Waals surface area contributed by atoms with E-state index in [1.807, 2.05) is 29.2 Å². The summed E-state index contributed by atoms with van der Waals surface area (Å²) >= 11 is 6.19. The van der Waals surface area contributed by atoms with Crippen LogP contribution in [0.25, 0.3) is 0 Å². The average Bonchev–Trinajstić information content (AvgIpc) is 3.25. The van der Waals surface area contributed by atoms with E-state index in [0.29, 0.717) is 23.7 Å². The Balaban J connectivity index is 1.79. The van der Waals surface area contributed by atoms with Gasteiger partial charge in [0.05, 0.1) is 22.7 Å². The molecule has 1 N–H and O–H groups in total. The summed E-state index contributed by atoms with van der Waals surface area (Å²) < 4.78 is 1.50. The Morgan fingerprint density at radius 2 is 2.19 bits per heavy atom. The zero-order valence-electron chi connectivity index (χ0n) is 14.8. The SMILES string of the molecule is CCC[C@@H]1N(C(=O)c2c(Cl)cnn2C)CC[C@@]12C(=O)Nc1ccccc12. The molecule has 1 aromatic carbocycles. The Hall–Kier alpha value is -2.34. The molecule has 2 aliphatic rings. The molecule has 2 aromatic rings. The van der Waals surface area contributed by atoms with Gasteiger partial charge in [0.15, 0.2) is 0 Å². The highest BCUT2D eigenvalue weighted by Gasteiger charge is 2.58. The van der Waals surface area contributed by atoms with Gasteiger partial charge >= 0.3 is 0 Å². The van der Waals surface area contributed by atoms with Crippen molar-refractivity contribution in [3.05, 3.63) is 46.7 Å². The Kier molecular flexibility index (Phi) is 4.03. The molecule has 0 radical (unpaired) electrons. The Morgan fingerprint density at radius 3 is 2.88 bits per heavy atom. The molecule has 4 rings (SSSR count). The lowest BCUT2D eigenvalue weighted by molar-refractivity contribution is -0.121. The van der Waals surface area contributed by atoms with E-state index in [-0.39, 0.29) is 17.9 Å². The van der Waals surface area contributed by atoms with Gasteiger partial charge in [-0.1, -0.05) is 43.1 Å². The van der Waals surface area contributed by atoms with Gasteiger partial charge in [-0.15, -0.1) is 0 Å². The van der Waals surface area contributed by atoms with Crippen LogP contribution in [0.2, 0.25) is 5.02 Å². The minimum Gasteiger partial charge on any atom is -0.333 e. The third kappa shape index (κ3) is 2.21. The van der Waals surface area contributed by atoms with E-state index in [1.165, 1.54) is 10.9 Å². The summed E-state index contributed by atoms with van der Waals surface area (Å²) in [5.74, 6) is -0.175. The molecule has 6 nitrogen and oxygen atoms in total. The van der Waals surface area contributed by atoms with Crippen LogP contribution in [0.4, 0.5) is 5.69 Å². The summed E-state index contributed by atoms with van der Waals surface area (Å²) in [6.07, 6.45) is 3.72. The third-order valence-electron chi connectivity index (χ3n) is 5.67. The molecule has 2 atom stereocenters. The lowest BCUT2D eigenvalue weighted by Crippen LogP contribution is -2.49. The van der Waals surface area contributed by atoms with E-state index in [1.54, 1.807) is 7.05 Å². The number of hydrogen-bond acceptors (Lipinski definition) is 3. The van der Waals surface area contributed by atoms with Crippen molar-refractivity contribution in [2.75, 3.05) is 11.9 Å². The molecule has 26 heavy (non-hydrogen) atoms. The van der Waals surface area contributed by atoms with Crippen LogP contribution in [0.1, 0.15) is 42.2 Å². The maximum Gasteiger partial charge on any atom is 0.273 e. The number of amides is 2. The van der Waals surface area contributed by atoms with Crippen LogP contribution in [-0.4, -0.2) is 39.1 Å². The number of carbonyl (C=O) groups excluding carboxylic acids is 2. The summed E-state index contributed by atoms with van der Waals surface area (Å²) in [6.45, 7) is 2.59. The van der Waals surface area contributed by atoms with Gasteiger partial charge < -0.3 is 10.2 Å². The molecule has 0 saturated carbocycles. The van der Waals surface area contributed by atoms with Crippen molar-refractivity contribution in [1.29, 1.82) is 0 Å². The third-order valence-corrected chi connectivity index (χ3v) is 5.95. The largest absolute Gasteiger partial charge is 0.333 e. The van der Waals surface area contributed by atoms with Crippen LogP contribution in [0.5, 0.6) is 0 Å². The van der Waals surface area contributed by atoms with E-state index in [4.69, 9.17) is 11.6 Å². The molecule has 0 bridgehead atoms. The van der Waals surface area contributed by atoms with Crippen LogP contribution in [-0.2, 0) is 17.3 Å². The van der Waals surface area contributed by atoms with Crippen LogP contribution < -0.4 is 5.32 Å². The summed E-state index contributed by atoms with van der Waals surface area (Å²) in [7, 11) is 1.71. The van der Waals surface area contributed by atoms with E-state index >= 15 is 0 Å². The molecular formula is C19H21ClN4O2. The van der Waals surface area contributed by atoms with Crippen LogP contribution in [0.15, 0.2) is 30.5 Å². The van der Waals surface area contributed by atoms with Crippen molar-refractivity contribution in [3.63, 3.8) is 0 Å². The van der Waals surface area contributed by atoms with Crippen molar-refractivity contribution < 1.29 is 9.59 Å². The van der Waals surface area contributed by atoms with Crippen molar-refractivity contribution >= 4 is 29.1 Å². The number of fused-ring (bicyclic) bond motifs is 2. The smallest absolute Gasteiger partial charge is 0.273 e. The van der Waals surface area contributed by atoms with Crippen LogP contribution in [0, 0.1) is 0 Å². The minimum absolute atomic E-state index is 0.0106. The number of nitrogens with zero attached hydrogens (tertiary/aromatic N) is 3. The second kappa shape index (κ2) is 6.13. The molecule has 2 amide bonds. The normalized spacial score (nSPS) is 24.2. The fraction of sp³-hybridized carbons (Fsp3) is 0.421. The van der Waals surface area contributed by atoms with Crippen molar-refractivity contribution in [1.82, 2.24) is 14.7 Å². The summed E-state index contributed by atoms with van der Waals surface area (Å²) in [6, 6.07) is 7.59. The van der Waals surface area contributed by atoms with Gasteiger partial charge in [0, 0.05) is 19.3 Å². The lowest BCUT2D eigenvalue weighted by Gasteiger charge is -2.34. The summed E-state index contributed by atoms with van der Waals surface area (Å²) in [5, 5.41) is 7.43. The molecule has 1 aromatic heterocycles. The van der Waals surface area contributed by atoms with Gasteiger partial charge in [-0.05, 0) is 24.5 Å². The maximum atomic E-state index is 13.2. The van der Waals surface area contributed by atoms with Gasteiger partial charge in [0.2, 0.25) is 5.91 Å². The van der Waals surface area contributed by atoms with Crippen LogP contribution in [0.3, 0.4) is 0 Å². The number of benzene rings is 1. The monoisotopic (exact) mass is 372 g/mol. The number of rotatable bonds is 3. The predicted molar refractivity (Wildman–Crippen MR) is 99.3 cm³/mol. The molecule has 136 valence electrons. The number of carbonyl (C=O) groups is 2. The minimum atomic E-state index is -0.687. The van der Waals surface area contributed by atoms with E-state index < -0.39 is 5.41 Å². The number of aryl methyl sites for hydroxylation is 1. The first-order valence-electron chi connectivity index (χ1n) is 8.90. The Bertz CT molecular complexity index is 874. The number of anilines is 1. The van der Waals surface area contributed by atoms with Gasteiger partial charge in [0.1, 0.15) is 5.69 Å². The molecule has 1 fully saturated rings. The molecule has 3 heterocycles. The zero-order valence-corrected chi connectivity index (χ0v) is 15.6. The second-order valence-corrected chi connectivity index (χ2v) is 7.40. The first-order valence-corrected chi connectivity index (χ1v) is 9.28. The van der Waals surface area contributed by atoms with Gasteiger partial charge in [-0.25, -0.2) is 0 Å². The first-order chi connectivity index (χ1) is 12.5. The van der Waals surface area contributed by atoms with Gasteiger partial charge in [-0.2, -0.15) is 5.10 Å². The fourth-order valence-electron chi connectivity index (χ4n) is 4.51. The van der Waals surface area contributed by atoms with E-state index in [2.05, 4.69) is 17.3 Å². The molecule has 1 spiro atoms. The number of hydrogen-bond donors (Lipinski definition) is 1. The molecule has 2 aliphatic heterocycles. The molecular weight excluding hydrogens is 352 g/mol. The molecule has 1 saturated heterocycles. The number of halogens is 1. The quantitative estimate of drug-likeness (QED) is 0.900. The van der Waals surface area contributed by atoms with E-state index in [0.717, 1.165) is 24.1 Å². The highest BCUT2D eigenvalue weighted by atomic mass is 35.5. The lowest BCUT2D eigenvalue weighted by atomic mass is 9.73. The van der Waals surface area contributed by atoms with Crippen molar-refractivity contribution in [3.8, 4) is 0 Å². The predicted octanol–water partition coefficient (Wildman–Crippen LogP) is 2.98. The highest BCUT2D eigenvalue weighted by Crippen LogP contribution is 2.49. The number of aromatic nitrogens is 2. The fourth-order valence-corrected chi connectivity index (χ4v) is 4.75. The molecule has 0 unspecified atom stereocenters. The Morgan fingerprint density at radius 1 is 1.42 bits per heavy atom. The maximum absolute atomic E-state index is 13.2. The number of likely N-dealkylation sites (tertiary alicyclic amines) is 1. The van der Waals surface area contributed by atoms with Crippen molar-refractivity contribution in [2.24, 2.45) is 7.05 Å². The summed E-state index contributed by atoms with van der Waals surface area (Å²) in [5.41, 5.74) is 1.53. The average molecular weight is 373 g/mol. The second-order valence-electron chi connectivity index (χ2n) is 6.99. The summed E-state index contributed by atoms with van der Waals surface area (Å²) in [4.78, 5) is 28.1. The number of nitrogens with one attached hydrogen (secondary N) is 1. The highest BCUT2D eigenvalue weighted by molar-refractivity contribution is 6.33. The van der Waals surface area contributed by atoms with Gasteiger partial charge in [-0.3, -0.25) is 14.3 Å². The van der Waals surface area contributed by atoms with Crippen molar-refractivity contribution in [2.45, 2.75) is 37.6 Å². The Labute approximate surface area is 157 Å².